The lowest BCUT2D eigenvalue weighted by molar-refractivity contribution is 0.219. The van der Waals surface area contributed by atoms with Crippen LogP contribution in [0.4, 0.5) is 13.2 Å². The summed E-state index contributed by atoms with van der Waals surface area (Å²) >= 11 is 0. The molecule has 2 aromatic carbocycles. The SMILES string of the molecule is O=S(=O)(c1ccc(CN2CCOc3cccc(F)c3C2)cc1)C(F)F. The Hall–Kier alpha value is -2.06. The Morgan fingerprint density at radius 1 is 1.12 bits per heavy atom. The zero-order valence-electron chi connectivity index (χ0n) is 13.2. The van der Waals surface area contributed by atoms with Crippen molar-refractivity contribution in [3.8, 4) is 5.75 Å². The second kappa shape index (κ2) is 7.05. The lowest BCUT2D eigenvalue weighted by Gasteiger charge is -2.19. The minimum Gasteiger partial charge on any atom is -0.492 e. The van der Waals surface area contributed by atoms with Crippen molar-refractivity contribution in [3.63, 3.8) is 0 Å². The van der Waals surface area contributed by atoms with Gasteiger partial charge in [-0.2, -0.15) is 8.78 Å². The van der Waals surface area contributed by atoms with Crippen LogP contribution in [0.15, 0.2) is 47.4 Å². The number of sulfone groups is 1. The Bertz CT molecular complexity index is 854. The summed E-state index contributed by atoms with van der Waals surface area (Å²) in [6.07, 6.45) is 0. The maximum Gasteiger partial charge on any atom is 0.341 e. The van der Waals surface area contributed by atoms with Gasteiger partial charge in [0.1, 0.15) is 18.2 Å². The molecule has 8 heteroatoms. The zero-order valence-corrected chi connectivity index (χ0v) is 14.0. The molecule has 3 rings (SSSR count). The third-order valence-electron chi connectivity index (χ3n) is 4.02. The van der Waals surface area contributed by atoms with Crippen LogP contribution in [0.5, 0.6) is 5.75 Å². The number of nitrogens with zero attached hydrogens (tertiary/aromatic N) is 1. The zero-order chi connectivity index (χ0) is 18.0. The fraction of sp³-hybridized carbons (Fsp3) is 0.294. The van der Waals surface area contributed by atoms with E-state index in [1.807, 2.05) is 4.90 Å². The van der Waals surface area contributed by atoms with E-state index in [1.165, 1.54) is 30.3 Å². The monoisotopic (exact) mass is 371 g/mol. The average molecular weight is 371 g/mol. The first-order chi connectivity index (χ1) is 11.9. The first-order valence-corrected chi connectivity index (χ1v) is 9.16. The Morgan fingerprint density at radius 3 is 2.52 bits per heavy atom. The summed E-state index contributed by atoms with van der Waals surface area (Å²) in [5.41, 5.74) is 1.21. The van der Waals surface area contributed by atoms with Crippen LogP contribution in [0.3, 0.4) is 0 Å². The van der Waals surface area contributed by atoms with E-state index < -0.39 is 20.5 Å². The lowest BCUT2D eigenvalue weighted by Crippen LogP contribution is -2.25. The van der Waals surface area contributed by atoms with Crippen LogP contribution in [0.1, 0.15) is 11.1 Å². The summed E-state index contributed by atoms with van der Waals surface area (Å²) in [5, 5.41) is 0. The van der Waals surface area contributed by atoms with Gasteiger partial charge in [0.15, 0.2) is 0 Å². The number of rotatable bonds is 4. The molecule has 25 heavy (non-hydrogen) atoms. The topological polar surface area (TPSA) is 46.6 Å². The van der Waals surface area contributed by atoms with Crippen LogP contribution in [0.25, 0.3) is 0 Å². The van der Waals surface area contributed by atoms with Crippen molar-refractivity contribution in [1.82, 2.24) is 4.90 Å². The molecular formula is C17H16F3NO3S. The van der Waals surface area contributed by atoms with Gasteiger partial charge in [-0.3, -0.25) is 4.90 Å². The molecule has 0 amide bonds. The van der Waals surface area contributed by atoms with Gasteiger partial charge in [0.2, 0.25) is 9.84 Å². The normalized spacial score (nSPS) is 15.5. The number of alkyl halides is 2. The van der Waals surface area contributed by atoms with Crippen LogP contribution in [-0.4, -0.2) is 32.2 Å². The van der Waals surface area contributed by atoms with E-state index in [-0.39, 0.29) is 5.82 Å². The van der Waals surface area contributed by atoms with E-state index in [4.69, 9.17) is 4.74 Å². The van der Waals surface area contributed by atoms with Crippen molar-refractivity contribution in [2.75, 3.05) is 13.2 Å². The number of hydrogen-bond acceptors (Lipinski definition) is 4. The highest BCUT2D eigenvalue weighted by molar-refractivity contribution is 7.91. The number of halogens is 3. The number of ether oxygens (including phenoxy) is 1. The molecule has 0 radical (unpaired) electrons. The first-order valence-electron chi connectivity index (χ1n) is 7.61. The highest BCUT2D eigenvalue weighted by atomic mass is 32.2. The molecule has 0 unspecified atom stereocenters. The maximum atomic E-state index is 14.0. The van der Waals surface area contributed by atoms with E-state index in [1.54, 1.807) is 12.1 Å². The molecule has 2 aromatic rings. The van der Waals surface area contributed by atoms with E-state index in [0.29, 0.717) is 37.6 Å². The van der Waals surface area contributed by atoms with Crippen molar-refractivity contribution >= 4 is 9.84 Å². The molecule has 0 aliphatic carbocycles. The maximum absolute atomic E-state index is 14.0. The molecular weight excluding hydrogens is 355 g/mol. The first kappa shape index (κ1) is 17.8. The van der Waals surface area contributed by atoms with Gasteiger partial charge >= 0.3 is 5.76 Å². The molecule has 0 saturated carbocycles. The van der Waals surface area contributed by atoms with Crippen molar-refractivity contribution in [3.05, 3.63) is 59.4 Å². The smallest absolute Gasteiger partial charge is 0.341 e. The standard InChI is InChI=1S/C17H16F3NO3S/c18-15-2-1-3-16-14(15)11-21(8-9-24-16)10-12-4-6-13(7-5-12)25(22,23)17(19)20/h1-7,17H,8-11H2. The third-order valence-corrected chi connectivity index (χ3v) is 5.41. The lowest BCUT2D eigenvalue weighted by atomic mass is 10.1. The van der Waals surface area contributed by atoms with E-state index in [9.17, 15) is 21.6 Å². The Morgan fingerprint density at radius 2 is 1.84 bits per heavy atom. The Labute approximate surface area is 143 Å². The summed E-state index contributed by atoms with van der Waals surface area (Å²) in [5.74, 6) is -3.27. The van der Waals surface area contributed by atoms with Gasteiger partial charge in [-0.25, -0.2) is 12.8 Å². The minimum atomic E-state index is -4.59. The number of hydrogen-bond donors (Lipinski definition) is 0. The number of fused-ring (bicyclic) bond motifs is 1. The van der Waals surface area contributed by atoms with Crippen LogP contribution in [-0.2, 0) is 22.9 Å². The predicted molar refractivity (Wildman–Crippen MR) is 85.6 cm³/mol. The number of benzene rings is 2. The average Bonchev–Trinajstić information content (AvgIpc) is 2.78. The Kier molecular flexibility index (Phi) is 5.01. The molecule has 0 bridgehead atoms. The van der Waals surface area contributed by atoms with Crippen molar-refractivity contribution in [2.24, 2.45) is 0 Å². The Balaban J connectivity index is 1.76. The summed E-state index contributed by atoms with van der Waals surface area (Å²) < 4.78 is 67.5. The van der Waals surface area contributed by atoms with E-state index in [2.05, 4.69) is 0 Å². The van der Waals surface area contributed by atoms with Crippen molar-refractivity contribution < 1.29 is 26.3 Å². The molecule has 1 aliphatic heterocycles. The van der Waals surface area contributed by atoms with Crippen LogP contribution in [0, 0.1) is 5.82 Å². The second-order valence-electron chi connectivity index (χ2n) is 5.73. The molecule has 1 heterocycles. The van der Waals surface area contributed by atoms with Gasteiger partial charge in [-0.05, 0) is 29.8 Å². The molecule has 0 atom stereocenters. The summed E-state index contributed by atoms with van der Waals surface area (Å²) in [6.45, 7) is 1.73. The summed E-state index contributed by atoms with van der Waals surface area (Å²) in [7, 11) is -4.59. The van der Waals surface area contributed by atoms with Crippen molar-refractivity contribution in [1.29, 1.82) is 0 Å². The van der Waals surface area contributed by atoms with Gasteiger partial charge in [0.05, 0.1) is 4.90 Å². The minimum absolute atomic E-state index is 0.345. The molecule has 0 saturated heterocycles. The van der Waals surface area contributed by atoms with Gasteiger partial charge in [0, 0.05) is 25.2 Å². The largest absolute Gasteiger partial charge is 0.492 e. The molecule has 4 nitrogen and oxygen atoms in total. The molecule has 0 fully saturated rings. The van der Waals surface area contributed by atoms with Gasteiger partial charge in [-0.15, -0.1) is 0 Å². The molecule has 0 spiro atoms. The van der Waals surface area contributed by atoms with E-state index in [0.717, 1.165) is 5.56 Å². The fourth-order valence-electron chi connectivity index (χ4n) is 2.70. The van der Waals surface area contributed by atoms with E-state index >= 15 is 0 Å². The second-order valence-corrected chi connectivity index (χ2v) is 7.64. The highest BCUT2D eigenvalue weighted by Crippen LogP contribution is 2.26. The highest BCUT2D eigenvalue weighted by Gasteiger charge is 2.26. The van der Waals surface area contributed by atoms with Gasteiger partial charge in [-0.1, -0.05) is 18.2 Å². The molecule has 134 valence electrons. The predicted octanol–water partition coefficient (Wildman–Crippen LogP) is 3.22. The van der Waals surface area contributed by atoms with Crippen LogP contribution in [0.2, 0.25) is 0 Å². The summed E-state index contributed by atoms with van der Waals surface area (Å²) in [4.78, 5) is 1.53. The molecule has 1 aliphatic rings. The van der Waals surface area contributed by atoms with Gasteiger partial charge in [0.25, 0.3) is 0 Å². The van der Waals surface area contributed by atoms with Crippen LogP contribution < -0.4 is 4.74 Å². The van der Waals surface area contributed by atoms with Gasteiger partial charge < -0.3 is 4.74 Å². The molecule has 0 N–H and O–H groups in total. The van der Waals surface area contributed by atoms with Crippen LogP contribution >= 0.6 is 0 Å². The fourth-order valence-corrected chi connectivity index (χ4v) is 3.42. The summed E-state index contributed by atoms with van der Waals surface area (Å²) in [6, 6.07) is 9.99. The van der Waals surface area contributed by atoms with Crippen molar-refractivity contribution in [2.45, 2.75) is 23.7 Å². The quantitative estimate of drug-likeness (QED) is 0.828. The third kappa shape index (κ3) is 3.80. The molecule has 0 aromatic heterocycles.